The van der Waals surface area contributed by atoms with Crippen LogP contribution in [0.3, 0.4) is 0 Å². The molecule has 10 heteroatoms. The van der Waals surface area contributed by atoms with Crippen LogP contribution in [0.2, 0.25) is 0 Å². The molecule has 15 atom stereocenters. The van der Waals surface area contributed by atoms with Gasteiger partial charge in [-0.1, -0.05) is 0 Å². The number of hydrogen-bond acceptors (Lipinski definition) is 10. The summed E-state index contributed by atoms with van der Waals surface area (Å²) in [6.07, 6.45) is -4.11. The standard InChI is InChI=1S/C25H41NO9/c1-26-9-22(10-31-2)12(27)7-13(32-3)24-11-8-23(30)19(28)14(11)25(35-6,20(29)21(23)34-5)15(18(24)26)16(33-4)17(22)24/h11-21,27-30H,7-10H2,1-6H3/t11-,12-,13+,14-,15+,16+,17-,18?,19-,20+,21+,22+,23-,24+,25-/m1/s1. The van der Waals surface area contributed by atoms with E-state index in [0.29, 0.717) is 19.6 Å². The SMILES string of the molecule is COC[C@]12CN(C)C3[C@@H]4[C@H](OC)[C@H]1[C@@]3([C@@H](OC)C[C@H]2O)[C@@H]1C[C@@]2(O)[C@H](O)[C@@H]1[C@]4(OC)[C@@H](O)[C@@H]2OC. The van der Waals surface area contributed by atoms with E-state index in [0.717, 1.165) is 0 Å². The van der Waals surface area contributed by atoms with Crippen LogP contribution in [0, 0.1) is 34.5 Å². The summed E-state index contributed by atoms with van der Waals surface area (Å²) >= 11 is 0. The van der Waals surface area contributed by atoms with Crippen LogP contribution < -0.4 is 0 Å². The van der Waals surface area contributed by atoms with Gasteiger partial charge < -0.3 is 49.0 Å². The van der Waals surface area contributed by atoms with Gasteiger partial charge in [0.05, 0.1) is 31.0 Å². The molecule has 6 aliphatic rings. The number of likely N-dealkylation sites (tertiary alicyclic amines) is 1. The van der Waals surface area contributed by atoms with Gasteiger partial charge in [0.25, 0.3) is 0 Å². The molecule has 0 radical (unpaired) electrons. The van der Waals surface area contributed by atoms with E-state index in [4.69, 9.17) is 23.7 Å². The Hall–Kier alpha value is -0.400. The van der Waals surface area contributed by atoms with Crippen molar-refractivity contribution in [1.29, 1.82) is 0 Å². The summed E-state index contributed by atoms with van der Waals surface area (Å²) in [6, 6.07) is -0.124. The molecule has 35 heavy (non-hydrogen) atoms. The highest BCUT2D eigenvalue weighted by atomic mass is 16.5. The Morgan fingerprint density at radius 1 is 0.943 bits per heavy atom. The predicted molar refractivity (Wildman–Crippen MR) is 121 cm³/mol. The van der Waals surface area contributed by atoms with Gasteiger partial charge in [-0.05, 0) is 19.4 Å². The van der Waals surface area contributed by atoms with Gasteiger partial charge in [0.1, 0.15) is 23.4 Å². The minimum Gasteiger partial charge on any atom is -0.392 e. The zero-order chi connectivity index (χ0) is 25.3. The number of aliphatic hydroxyl groups is 4. The number of fused-ring (bicyclic) bond motifs is 2. The molecular weight excluding hydrogens is 458 g/mol. The van der Waals surface area contributed by atoms with Crippen molar-refractivity contribution in [1.82, 2.24) is 4.90 Å². The highest BCUT2D eigenvalue weighted by Gasteiger charge is 2.90. The zero-order valence-corrected chi connectivity index (χ0v) is 21.5. The molecular formula is C25H41NO9. The van der Waals surface area contributed by atoms with E-state index in [1.54, 1.807) is 28.4 Å². The fourth-order valence-electron chi connectivity index (χ4n) is 11.2. The lowest BCUT2D eigenvalue weighted by Gasteiger charge is -2.70. The third kappa shape index (κ3) is 2.31. The van der Waals surface area contributed by atoms with Crippen LogP contribution in [0.5, 0.6) is 0 Å². The van der Waals surface area contributed by atoms with Crippen LogP contribution in [0.15, 0.2) is 0 Å². The van der Waals surface area contributed by atoms with Crippen molar-refractivity contribution < 1.29 is 44.1 Å². The number of methoxy groups -OCH3 is 5. The van der Waals surface area contributed by atoms with Gasteiger partial charge in [0.15, 0.2) is 0 Å². The smallest absolute Gasteiger partial charge is 0.120 e. The average molecular weight is 500 g/mol. The molecule has 5 aliphatic carbocycles. The first-order valence-electron chi connectivity index (χ1n) is 12.7. The number of hydrogen-bond donors (Lipinski definition) is 4. The monoisotopic (exact) mass is 499 g/mol. The molecule has 4 N–H and O–H groups in total. The normalized spacial score (nSPS) is 62.4. The van der Waals surface area contributed by atoms with E-state index in [1.165, 1.54) is 7.11 Å². The Kier molecular flexibility index (Phi) is 5.40. The number of nitrogens with zero attached hydrogens (tertiary/aromatic N) is 1. The minimum absolute atomic E-state index is 0.124. The Bertz CT molecular complexity index is 878. The Balaban J connectivity index is 1.69. The van der Waals surface area contributed by atoms with Crippen LogP contribution >= 0.6 is 0 Å². The maximum atomic E-state index is 11.9. The molecule has 7 bridgehead atoms. The lowest BCUT2D eigenvalue weighted by Crippen LogP contribution is -2.81. The van der Waals surface area contributed by atoms with Gasteiger partial charge in [-0.25, -0.2) is 0 Å². The van der Waals surface area contributed by atoms with E-state index >= 15 is 0 Å². The van der Waals surface area contributed by atoms with Gasteiger partial charge in [-0.15, -0.1) is 0 Å². The molecule has 6 rings (SSSR count). The number of rotatable bonds is 6. The molecule has 10 nitrogen and oxygen atoms in total. The second kappa shape index (κ2) is 7.59. The Morgan fingerprint density at radius 3 is 2.23 bits per heavy atom. The highest BCUT2D eigenvalue weighted by molar-refractivity contribution is 5.40. The molecule has 0 aromatic rings. The van der Waals surface area contributed by atoms with E-state index in [2.05, 4.69) is 4.90 Å². The van der Waals surface area contributed by atoms with Crippen molar-refractivity contribution in [3.05, 3.63) is 0 Å². The molecule has 0 amide bonds. The van der Waals surface area contributed by atoms with E-state index in [-0.39, 0.29) is 36.3 Å². The largest absolute Gasteiger partial charge is 0.392 e. The van der Waals surface area contributed by atoms with Gasteiger partial charge in [-0.3, -0.25) is 0 Å². The number of piperidine rings is 1. The third-order valence-corrected chi connectivity index (χ3v) is 11.7. The van der Waals surface area contributed by atoms with Gasteiger partial charge >= 0.3 is 0 Å². The average Bonchev–Trinajstić information content (AvgIpc) is 3.19. The van der Waals surface area contributed by atoms with E-state index in [1.807, 2.05) is 7.05 Å². The quantitative estimate of drug-likeness (QED) is 0.342. The topological polar surface area (TPSA) is 130 Å². The molecule has 1 heterocycles. The molecule has 0 aromatic heterocycles. The molecule has 1 aliphatic heterocycles. The van der Waals surface area contributed by atoms with E-state index < -0.39 is 58.5 Å². The summed E-state index contributed by atoms with van der Waals surface area (Å²) in [6.45, 7) is 0.938. The fourth-order valence-corrected chi connectivity index (χ4v) is 11.2. The molecule has 5 saturated carbocycles. The van der Waals surface area contributed by atoms with Crippen LogP contribution in [0.4, 0.5) is 0 Å². The van der Waals surface area contributed by atoms with Crippen molar-refractivity contribution in [3.63, 3.8) is 0 Å². The van der Waals surface area contributed by atoms with Crippen LogP contribution in [-0.2, 0) is 23.7 Å². The van der Waals surface area contributed by atoms with Gasteiger partial charge in [0, 0.05) is 83.1 Å². The maximum Gasteiger partial charge on any atom is 0.120 e. The number of aliphatic hydroxyl groups excluding tert-OH is 3. The lowest BCUT2D eigenvalue weighted by molar-refractivity contribution is -0.325. The first-order valence-corrected chi connectivity index (χ1v) is 12.7. The van der Waals surface area contributed by atoms with Crippen molar-refractivity contribution in [2.24, 2.45) is 34.5 Å². The summed E-state index contributed by atoms with van der Waals surface area (Å²) in [5, 5.41) is 47.2. The second-order valence-corrected chi connectivity index (χ2v) is 12.1. The summed E-state index contributed by atoms with van der Waals surface area (Å²) in [7, 11) is 10.1. The Labute approximate surface area is 206 Å². The Morgan fingerprint density at radius 2 is 1.66 bits per heavy atom. The maximum absolute atomic E-state index is 11.9. The summed E-state index contributed by atoms with van der Waals surface area (Å²) in [4.78, 5) is 2.27. The molecule has 1 unspecified atom stereocenters. The molecule has 0 aromatic carbocycles. The summed E-state index contributed by atoms with van der Waals surface area (Å²) < 4.78 is 30.4. The summed E-state index contributed by atoms with van der Waals surface area (Å²) in [5.74, 6) is -1.37. The van der Waals surface area contributed by atoms with Crippen molar-refractivity contribution >= 4 is 0 Å². The first kappa shape index (κ1) is 24.9. The van der Waals surface area contributed by atoms with Crippen molar-refractivity contribution in [3.8, 4) is 0 Å². The van der Waals surface area contributed by atoms with Crippen molar-refractivity contribution in [2.75, 3.05) is 55.7 Å². The highest BCUT2D eigenvalue weighted by Crippen LogP contribution is 2.80. The van der Waals surface area contributed by atoms with Crippen LogP contribution in [-0.4, -0.2) is 135 Å². The van der Waals surface area contributed by atoms with Gasteiger partial charge in [0.2, 0.25) is 0 Å². The third-order valence-electron chi connectivity index (χ3n) is 11.7. The van der Waals surface area contributed by atoms with Crippen molar-refractivity contribution in [2.45, 2.75) is 66.7 Å². The first-order chi connectivity index (χ1) is 16.6. The number of ether oxygens (including phenoxy) is 5. The molecule has 6 fully saturated rings. The fraction of sp³-hybridized carbons (Fsp3) is 1.00. The van der Waals surface area contributed by atoms with Crippen LogP contribution in [0.1, 0.15) is 12.8 Å². The molecule has 1 saturated heterocycles. The van der Waals surface area contributed by atoms with Gasteiger partial charge in [-0.2, -0.15) is 0 Å². The predicted octanol–water partition coefficient (Wildman–Crippen LogP) is -1.52. The second-order valence-electron chi connectivity index (χ2n) is 12.1. The van der Waals surface area contributed by atoms with E-state index in [9.17, 15) is 20.4 Å². The minimum atomic E-state index is -1.63. The molecule has 1 spiro atoms. The molecule has 200 valence electrons. The zero-order valence-electron chi connectivity index (χ0n) is 21.5. The lowest BCUT2D eigenvalue weighted by atomic mass is 9.42. The summed E-state index contributed by atoms with van der Waals surface area (Å²) in [5.41, 5.74) is -4.05. The van der Waals surface area contributed by atoms with Crippen LogP contribution in [0.25, 0.3) is 0 Å².